The number of rotatable bonds is 5. The Morgan fingerprint density at radius 3 is 2.85 bits per heavy atom. The molecule has 1 spiro atoms. The minimum absolute atomic E-state index is 0.0188. The third kappa shape index (κ3) is 3.19. The van der Waals surface area contributed by atoms with Crippen molar-refractivity contribution in [2.24, 2.45) is 0 Å². The summed E-state index contributed by atoms with van der Waals surface area (Å²) in [5, 5.41) is 6.59. The fourth-order valence-corrected chi connectivity index (χ4v) is 4.83. The predicted octanol–water partition coefficient (Wildman–Crippen LogP) is 1.34. The highest BCUT2D eigenvalue weighted by Gasteiger charge is 2.53. The Balaban J connectivity index is 1.60. The summed E-state index contributed by atoms with van der Waals surface area (Å²) in [6.07, 6.45) is 1.45. The third-order valence-electron chi connectivity index (χ3n) is 6.02. The molecule has 2 aliphatic heterocycles. The van der Waals surface area contributed by atoms with Crippen molar-refractivity contribution in [3.63, 3.8) is 0 Å². The summed E-state index contributed by atoms with van der Waals surface area (Å²) in [5.41, 5.74) is 2.34. The summed E-state index contributed by atoms with van der Waals surface area (Å²) in [7, 11) is 0. The molecule has 4 rings (SSSR count). The highest BCUT2D eigenvalue weighted by atomic mass is 16.6. The molecule has 7 nitrogen and oxygen atoms in total. The first-order valence-electron chi connectivity index (χ1n) is 9.78. The lowest BCUT2D eigenvalue weighted by Crippen LogP contribution is -2.50. The molecule has 146 valence electrons. The minimum Gasteiger partial charge on any atom is -0.448 e. The fourth-order valence-electron chi connectivity index (χ4n) is 4.83. The fraction of sp³-hybridized carbons (Fsp3) is 0.600. The Labute approximate surface area is 159 Å². The lowest BCUT2D eigenvalue weighted by atomic mass is 9.72. The van der Waals surface area contributed by atoms with Gasteiger partial charge >= 0.3 is 6.09 Å². The van der Waals surface area contributed by atoms with Gasteiger partial charge in [-0.1, -0.05) is 24.3 Å². The molecule has 2 amide bonds. The van der Waals surface area contributed by atoms with Crippen LogP contribution < -0.4 is 10.6 Å². The number of carbonyl (C=O) groups is 2. The van der Waals surface area contributed by atoms with E-state index in [4.69, 9.17) is 9.47 Å². The maximum absolute atomic E-state index is 12.7. The van der Waals surface area contributed by atoms with E-state index >= 15 is 0 Å². The monoisotopic (exact) mass is 373 g/mol. The van der Waals surface area contributed by atoms with Gasteiger partial charge in [0.2, 0.25) is 5.91 Å². The van der Waals surface area contributed by atoms with E-state index in [-0.39, 0.29) is 30.0 Å². The molecule has 27 heavy (non-hydrogen) atoms. The lowest BCUT2D eigenvalue weighted by Gasteiger charge is -2.41. The maximum atomic E-state index is 12.7. The molecule has 2 N–H and O–H groups in total. The second kappa shape index (κ2) is 7.48. The molecule has 0 radical (unpaired) electrons. The normalized spacial score (nSPS) is 26.1. The zero-order chi connectivity index (χ0) is 18.9. The third-order valence-corrected chi connectivity index (χ3v) is 6.02. The van der Waals surface area contributed by atoms with Crippen LogP contribution in [0.15, 0.2) is 24.3 Å². The number of piperidine rings is 1. The van der Waals surface area contributed by atoms with Crippen LogP contribution in [0.1, 0.15) is 36.9 Å². The number of benzene rings is 1. The number of amides is 2. The van der Waals surface area contributed by atoms with Crippen molar-refractivity contribution < 1.29 is 19.1 Å². The molecule has 1 aromatic rings. The van der Waals surface area contributed by atoms with Gasteiger partial charge < -0.3 is 20.1 Å². The molecule has 3 aliphatic rings. The van der Waals surface area contributed by atoms with Gasteiger partial charge in [0.1, 0.15) is 13.2 Å². The molecule has 2 atom stereocenters. The van der Waals surface area contributed by atoms with E-state index in [1.165, 1.54) is 10.5 Å². The average molecular weight is 373 g/mol. The summed E-state index contributed by atoms with van der Waals surface area (Å²) < 4.78 is 11.2. The van der Waals surface area contributed by atoms with Gasteiger partial charge in [-0.2, -0.15) is 0 Å². The zero-order valence-corrected chi connectivity index (χ0v) is 15.7. The van der Waals surface area contributed by atoms with E-state index in [1.807, 2.05) is 13.0 Å². The van der Waals surface area contributed by atoms with E-state index < -0.39 is 6.09 Å². The highest BCUT2D eigenvalue weighted by molar-refractivity contribution is 5.83. The van der Waals surface area contributed by atoms with Crippen LogP contribution in [0.4, 0.5) is 4.79 Å². The topological polar surface area (TPSA) is 79.9 Å². The van der Waals surface area contributed by atoms with Gasteiger partial charge in [0, 0.05) is 12.0 Å². The largest absolute Gasteiger partial charge is 0.448 e. The van der Waals surface area contributed by atoms with Gasteiger partial charge in [-0.05, 0) is 44.0 Å². The summed E-state index contributed by atoms with van der Waals surface area (Å²) in [6.45, 7) is 5.30. The first-order chi connectivity index (χ1) is 13.2. The van der Waals surface area contributed by atoms with Gasteiger partial charge in [-0.15, -0.1) is 0 Å². The molecule has 2 fully saturated rings. The van der Waals surface area contributed by atoms with Gasteiger partial charge in [-0.25, -0.2) is 4.79 Å². The van der Waals surface area contributed by atoms with Gasteiger partial charge in [0.25, 0.3) is 0 Å². The molecule has 0 unspecified atom stereocenters. The minimum atomic E-state index is -0.423. The molecular formula is C20H27N3O4. The zero-order valence-electron chi connectivity index (χ0n) is 15.7. The number of ether oxygens (including phenoxy) is 2. The van der Waals surface area contributed by atoms with Crippen molar-refractivity contribution >= 4 is 12.0 Å². The Hall–Kier alpha value is -2.12. The summed E-state index contributed by atoms with van der Waals surface area (Å²) in [4.78, 5) is 25.8. The van der Waals surface area contributed by atoms with Crippen molar-refractivity contribution in [3.05, 3.63) is 35.4 Å². The summed E-state index contributed by atoms with van der Waals surface area (Å²) >= 11 is 0. The lowest BCUT2D eigenvalue weighted by molar-refractivity contribution is -0.124. The van der Waals surface area contributed by atoms with E-state index in [9.17, 15) is 9.59 Å². The Morgan fingerprint density at radius 2 is 2.15 bits per heavy atom. The molecule has 7 heteroatoms. The second-order valence-electron chi connectivity index (χ2n) is 7.45. The summed E-state index contributed by atoms with van der Waals surface area (Å²) in [5.74, 6) is -0.177. The SMILES string of the molecule is CCO[C@H]1[C@H](NC(=O)CN2CCOC2=O)c2ccccc2C12CCNCC2. The number of carbonyl (C=O) groups excluding carboxylic acids is 2. The van der Waals surface area contributed by atoms with Crippen molar-refractivity contribution in [2.75, 3.05) is 39.4 Å². The van der Waals surface area contributed by atoms with Crippen LogP contribution in [0, 0.1) is 0 Å². The molecule has 2 heterocycles. The Kier molecular flexibility index (Phi) is 5.06. The molecule has 1 aliphatic carbocycles. The molecule has 0 bridgehead atoms. The van der Waals surface area contributed by atoms with Crippen LogP contribution in [0.2, 0.25) is 0 Å². The summed E-state index contributed by atoms with van der Waals surface area (Å²) in [6, 6.07) is 8.14. The quantitative estimate of drug-likeness (QED) is 0.814. The maximum Gasteiger partial charge on any atom is 0.410 e. The van der Waals surface area contributed by atoms with E-state index in [1.54, 1.807) is 0 Å². The Morgan fingerprint density at radius 1 is 1.37 bits per heavy atom. The van der Waals surface area contributed by atoms with Crippen LogP contribution in [0.25, 0.3) is 0 Å². The number of hydrogen-bond donors (Lipinski definition) is 2. The molecule has 0 saturated carbocycles. The molecule has 0 aromatic heterocycles. The van der Waals surface area contributed by atoms with E-state index in [0.29, 0.717) is 19.8 Å². The number of fused-ring (bicyclic) bond motifs is 2. The van der Waals surface area contributed by atoms with E-state index in [2.05, 4.69) is 28.8 Å². The van der Waals surface area contributed by atoms with Crippen LogP contribution in [0.5, 0.6) is 0 Å². The highest BCUT2D eigenvalue weighted by Crippen LogP contribution is 2.51. The molecule has 1 aromatic carbocycles. The molecule has 2 saturated heterocycles. The number of cyclic esters (lactones) is 1. The smallest absolute Gasteiger partial charge is 0.410 e. The van der Waals surface area contributed by atoms with Gasteiger partial charge in [0.05, 0.1) is 18.7 Å². The predicted molar refractivity (Wildman–Crippen MR) is 99.4 cm³/mol. The van der Waals surface area contributed by atoms with Gasteiger partial charge in [-0.3, -0.25) is 9.69 Å². The van der Waals surface area contributed by atoms with Crippen LogP contribution >= 0.6 is 0 Å². The number of hydrogen-bond acceptors (Lipinski definition) is 5. The number of nitrogens with zero attached hydrogens (tertiary/aromatic N) is 1. The van der Waals surface area contributed by atoms with Gasteiger partial charge in [0.15, 0.2) is 0 Å². The average Bonchev–Trinajstić information content (AvgIpc) is 3.18. The Bertz CT molecular complexity index is 717. The standard InChI is InChI=1S/C20H27N3O4/c1-2-26-18-17(22-16(24)13-23-11-12-27-19(23)25)14-5-3-4-6-15(14)20(18)7-9-21-10-8-20/h3-6,17-18,21H,2,7-13H2,1H3,(H,22,24)/t17-,18+/m1/s1. The second-order valence-corrected chi connectivity index (χ2v) is 7.45. The molecular weight excluding hydrogens is 346 g/mol. The van der Waals surface area contributed by atoms with E-state index in [0.717, 1.165) is 31.5 Å². The van der Waals surface area contributed by atoms with Crippen LogP contribution in [-0.4, -0.2) is 62.4 Å². The number of nitrogens with one attached hydrogen (secondary N) is 2. The van der Waals surface area contributed by atoms with Crippen LogP contribution in [-0.2, 0) is 19.7 Å². The van der Waals surface area contributed by atoms with Crippen LogP contribution in [0.3, 0.4) is 0 Å². The van der Waals surface area contributed by atoms with Crippen molar-refractivity contribution in [1.29, 1.82) is 0 Å². The van der Waals surface area contributed by atoms with Crippen molar-refractivity contribution in [3.8, 4) is 0 Å². The first-order valence-corrected chi connectivity index (χ1v) is 9.78. The first kappa shape index (κ1) is 18.3. The van der Waals surface area contributed by atoms with Crippen molar-refractivity contribution in [1.82, 2.24) is 15.5 Å². The van der Waals surface area contributed by atoms with Crippen molar-refractivity contribution in [2.45, 2.75) is 37.3 Å².